The third-order valence-electron chi connectivity index (χ3n) is 2.63. The van der Waals surface area contributed by atoms with Gasteiger partial charge in [0.1, 0.15) is 17.4 Å². The molecule has 0 heterocycles. The molecule has 0 saturated heterocycles. The molecule has 0 spiro atoms. The Bertz CT molecular complexity index is 518. The molecule has 106 valence electrons. The van der Waals surface area contributed by atoms with Crippen LogP contribution in [0.2, 0.25) is 0 Å². The summed E-state index contributed by atoms with van der Waals surface area (Å²) >= 11 is 0. The van der Waals surface area contributed by atoms with E-state index in [1.807, 2.05) is 31.2 Å². The lowest BCUT2D eigenvalue weighted by Gasteiger charge is -2.05. The highest BCUT2D eigenvalue weighted by Gasteiger charge is 2.07. The number of carbonyl (C=O) groups is 1. The van der Waals surface area contributed by atoms with Crippen LogP contribution in [-0.4, -0.2) is 19.6 Å². The molecule has 0 aliphatic rings. The Morgan fingerprint density at radius 1 is 1.50 bits per heavy atom. The molecule has 1 rings (SSSR count). The maximum atomic E-state index is 11.7. The van der Waals surface area contributed by atoms with Gasteiger partial charge in [0.05, 0.1) is 7.11 Å². The predicted molar refractivity (Wildman–Crippen MR) is 78.2 cm³/mol. The molecule has 0 saturated carbocycles. The normalized spacial score (nSPS) is 10.6. The molecule has 0 aliphatic carbocycles. The first-order valence-electron chi connectivity index (χ1n) is 6.50. The van der Waals surface area contributed by atoms with E-state index < -0.39 is 0 Å². The lowest BCUT2D eigenvalue weighted by atomic mass is 10.2. The molecule has 0 aromatic heterocycles. The fourth-order valence-electron chi connectivity index (χ4n) is 1.49. The van der Waals surface area contributed by atoms with Crippen molar-refractivity contribution in [1.82, 2.24) is 5.32 Å². The molecule has 0 radical (unpaired) electrons. The van der Waals surface area contributed by atoms with E-state index in [0.29, 0.717) is 12.3 Å². The van der Waals surface area contributed by atoms with Crippen LogP contribution in [0.5, 0.6) is 5.75 Å². The van der Waals surface area contributed by atoms with E-state index in [4.69, 9.17) is 10.00 Å². The molecular formula is C15H19N3O2. The lowest BCUT2D eigenvalue weighted by Crippen LogP contribution is -2.25. The molecule has 5 nitrogen and oxygen atoms in total. The van der Waals surface area contributed by atoms with Crippen molar-refractivity contribution < 1.29 is 9.53 Å². The van der Waals surface area contributed by atoms with Gasteiger partial charge in [-0.15, -0.1) is 0 Å². The van der Waals surface area contributed by atoms with Gasteiger partial charge in [0, 0.05) is 24.5 Å². The molecule has 20 heavy (non-hydrogen) atoms. The Kier molecular flexibility index (Phi) is 6.69. The quantitative estimate of drug-likeness (QED) is 0.454. The summed E-state index contributed by atoms with van der Waals surface area (Å²) in [6, 6.07) is 9.12. The van der Waals surface area contributed by atoms with Crippen molar-refractivity contribution in [3.8, 4) is 11.8 Å². The Labute approximate surface area is 119 Å². The number of hydrogen-bond acceptors (Lipinski definition) is 4. The molecule has 0 atom stereocenters. The second kappa shape index (κ2) is 8.59. The zero-order valence-corrected chi connectivity index (χ0v) is 11.8. The van der Waals surface area contributed by atoms with Gasteiger partial charge < -0.3 is 15.4 Å². The third-order valence-corrected chi connectivity index (χ3v) is 2.63. The second-order valence-corrected chi connectivity index (χ2v) is 4.16. The number of amides is 1. The number of hydrogen-bond donors (Lipinski definition) is 2. The van der Waals surface area contributed by atoms with E-state index in [9.17, 15) is 4.79 Å². The zero-order chi connectivity index (χ0) is 14.8. The number of carbonyl (C=O) groups excluding carboxylic acids is 1. The van der Waals surface area contributed by atoms with Crippen molar-refractivity contribution in [2.45, 2.75) is 19.8 Å². The first kappa shape index (κ1) is 15.6. The molecule has 0 bridgehead atoms. The number of unbranched alkanes of at least 4 members (excludes halogenated alkanes) is 1. The zero-order valence-electron chi connectivity index (χ0n) is 11.8. The van der Waals surface area contributed by atoms with E-state index in [-0.39, 0.29) is 11.5 Å². The van der Waals surface area contributed by atoms with Crippen molar-refractivity contribution in [3.05, 3.63) is 36.0 Å². The van der Waals surface area contributed by atoms with E-state index in [1.165, 1.54) is 6.20 Å². The molecule has 2 N–H and O–H groups in total. The fraction of sp³-hybridized carbons (Fsp3) is 0.333. The fourth-order valence-corrected chi connectivity index (χ4v) is 1.49. The average molecular weight is 273 g/mol. The lowest BCUT2D eigenvalue weighted by molar-refractivity contribution is -0.117. The van der Waals surface area contributed by atoms with Crippen LogP contribution in [-0.2, 0) is 4.79 Å². The van der Waals surface area contributed by atoms with E-state index in [1.54, 1.807) is 13.2 Å². The first-order valence-corrected chi connectivity index (χ1v) is 6.50. The van der Waals surface area contributed by atoms with E-state index in [2.05, 4.69) is 10.6 Å². The van der Waals surface area contributed by atoms with Gasteiger partial charge in [-0.1, -0.05) is 19.4 Å². The van der Waals surface area contributed by atoms with Gasteiger partial charge in [-0.2, -0.15) is 5.26 Å². The van der Waals surface area contributed by atoms with Crippen molar-refractivity contribution in [2.24, 2.45) is 0 Å². The molecule has 0 unspecified atom stereocenters. The average Bonchev–Trinajstić information content (AvgIpc) is 2.48. The minimum atomic E-state index is -0.364. The summed E-state index contributed by atoms with van der Waals surface area (Å²) in [4.78, 5) is 11.7. The summed E-state index contributed by atoms with van der Waals surface area (Å²) in [5.74, 6) is 0.339. The predicted octanol–water partition coefficient (Wildman–Crippen LogP) is 2.43. The van der Waals surface area contributed by atoms with Crippen molar-refractivity contribution in [1.29, 1.82) is 5.26 Å². The van der Waals surface area contributed by atoms with Crippen LogP contribution in [0.3, 0.4) is 0 Å². The maximum absolute atomic E-state index is 11.7. The number of rotatable bonds is 7. The number of nitrogens with one attached hydrogen (secondary N) is 2. The number of benzene rings is 1. The van der Waals surface area contributed by atoms with Crippen molar-refractivity contribution >= 4 is 11.6 Å². The monoisotopic (exact) mass is 273 g/mol. The Morgan fingerprint density at radius 3 is 2.95 bits per heavy atom. The third kappa shape index (κ3) is 5.02. The highest BCUT2D eigenvalue weighted by atomic mass is 16.5. The highest BCUT2D eigenvalue weighted by Crippen LogP contribution is 2.16. The standard InChI is InChI=1S/C15H19N3O2/c1-3-4-8-17-15(19)12(10-16)11-18-13-6-5-7-14(9-13)20-2/h5-7,9,11,18H,3-4,8H2,1-2H3,(H,17,19)/b12-11-. The van der Waals surface area contributed by atoms with Crippen LogP contribution < -0.4 is 15.4 Å². The summed E-state index contributed by atoms with van der Waals surface area (Å²) < 4.78 is 5.10. The number of ether oxygens (including phenoxy) is 1. The Morgan fingerprint density at radius 2 is 2.30 bits per heavy atom. The van der Waals surface area contributed by atoms with Gasteiger partial charge in [0.25, 0.3) is 5.91 Å². The second-order valence-electron chi connectivity index (χ2n) is 4.16. The number of methoxy groups -OCH3 is 1. The molecule has 0 fully saturated rings. The van der Waals surface area contributed by atoms with Gasteiger partial charge in [-0.05, 0) is 18.6 Å². The van der Waals surface area contributed by atoms with Crippen LogP contribution in [0, 0.1) is 11.3 Å². The largest absolute Gasteiger partial charge is 0.497 e. The highest BCUT2D eigenvalue weighted by molar-refractivity contribution is 5.97. The van der Waals surface area contributed by atoms with Crippen LogP contribution >= 0.6 is 0 Å². The number of anilines is 1. The summed E-state index contributed by atoms with van der Waals surface area (Å²) in [5, 5.41) is 14.6. The van der Waals surface area contributed by atoms with Crippen LogP contribution in [0.15, 0.2) is 36.0 Å². The molecule has 1 amide bonds. The minimum Gasteiger partial charge on any atom is -0.497 e. The summed E-state index contributed by atoms with van der Waals surface area (Å²) in [6.45, 7) is 2.62. The van der Waals surface area contributed by atoms with Gasteiger partial charge in [0.2, 0.25) is 0 Å². The van der Waals surface area contributed by atoms with Gasteiger partial charge in [0.15, 0.2) is 0 Å². The molecule has 1 aromatic rings. The molecular weight excluding hydrogens is 254 g/mol. The molecule has 1 aromatic carbocycles. The number of nitrogens with zero attached hydrogens (tertiary/aromatic N) is 1. The maximum Gasteiger partial charge on any atom is 0.263 e. The Hall–Kier alpha value is -2.48. The van der Waals surface area contributed by atoms with E-state index in [0.717, 1.165) is 18.5 Å². The smallest absolute Gasteiger partial charge is 0.263 e. The van der Waals surface area contributed by atoms with Gasteiger partial charge in [-0.3, -0.25) is 4.79 Å². The first-order chi connectivity index (χ1) is 9.71. The van der Waals surface area contributed by atoms with Gasteiger partial charge in [-0.25, -0.2) is 0 Å². The van der Waals surface area contributed by atoms with E-state index >= 15 is 0 Å². The SMILES string of the molecule is CCCCNC(=O)/C(C#N)=C\Nc1cccc(OC)c1. The summed E-state index contributed by atoms with van der Waals surface area (Å²) in [5.41, 5.74) is 0.794. The summed E-state index contributed by atoms with van der Waals surface area (Å²) in [6.07, 6.45) is 3.29. The summed E-state index contributed by atoms with van der Waals surface area (Å²) in [7, 11) is 1.58. The van der Waals surface area contributed by atoms with Crippen LogP contribution in [0.25, 0.3) is 0 Å². The van der Waals surface area contributed by atoms with Crippen LogP contribution in [0.4, 0.5) is 5.69 Å². The van der Waals surface area contributed by atoms with Crippen molar-refractivity contribution in [3.63, 3.8) is 0 Å². The van der Waals surface area contributed by atoms with Crippen LogP contribution in [0.1, 0.15) is 19.8 Å². The molecule has 5 heteroatoms. The minimum absolute atomic E-state index is 0.0453. The Balaban J connectivity index is 2.65. The van der Waals surface area contributed by atoms with Gasteiger partial charge >= 0.3 is 0 Å². The van der Waals surface area contributed by atoms with Crippen molar-refractivity contribution in [2.75, 3.05) is 19.0 Å². The number of nitriles is 1. The topological polar surface area (TPSA) is 74.2 Å². The molecule has 0 aliphatic heterocycles.